The zero-order valence-electron chi connectivity index (χ0n) is 9.09. The van der Waals surface area contributed by atoms with Crippen molar-refractivity contribution < 1.29 is 14.6 Å². The highest BCUT2D eigenvalue weighted by atomic mass is 16.5. The van der Waals surface area contributed by atoms with Crippen LogP contribution in [0, 0.1) is 0 Å². The molecular formula is C11H14N2O3. The monoisotopic (exact) mass is 222 g/mol. The number of hydrogen-bond acceptors (Lipinski definition) is 4. The topological polar surface area (TPSA) is 62.7 Å². The summed E-state index contributed by atoms with van der Waals surface area (Å²) in [4.78, 5) is 17.5. The lowest BCUT2D eigenvalue weighted by molar-refractivity contribution is 0.0764. The number of hydrogen-bond donors (Lipinski definition) is 1. The van der Waals surface area contributed by atoms with Gasteiger partial charge in [-0.1, -0.05) is 0 Å². The molecule has 2 rings (SSSR count). The van der Waals surface area contributed by atoms with Crippen LogP contribution in [0.2, 0.25) is 0 Å². The minimum absolute atomic E-state index is 0.0910. The molecule has 1 unspecified atom stereocenters. The van der Waals surface area contributed by atoms with E-state index in [0.717, 1.165) is 0 Å². The first-order valence-corrected chi connectivity index (χ1v) is 5.18. The van der Waals surface area contributed by atoms with Gasteiger partial charge in [-0.3, -0.25) is 4.79 Å². The summed E-state index contributed by atoms with van der Waals surface area (Å²) in [5.74, 6) is 0.393. The first-order chi connectivity index (χ1) is 7.70. The lowest BCUT2D eigenvalue weighted by Gasteiger charge is -2.15. The molecule has 1 aliphatic rings. The molecule has 1 N–H and O–H groups in total. The number of aliphatic hydroxyl groups is 1. The minimum Gasteiger partial charge on any atom is -0.481 e. The summed E-state index contributed by atoms with van der Waals surface area (Å²) in [6.45, 7) is 1.01. The number of carbonyl (C=O) groups is 1. The van der Waals surface area contributed by atoms with Crippen LogP contribution in [-0.2, 0) is 0 Å². The van der Waals surface area contributed by atoms with Gasteiger partial charge >= 0.3 is 0 Å². The predicted octanol–water partition coefficient (Wildman–Crippen LogP) is 0.297. The summed E-state index contributed by atoms with van der Waals surface area (Å²) >= 11 is 0. The number of aliphatic hydroxyl groups excluding tert-OH is 1. The zero-order chi connectivity index (χ0) is 11.5. The molecule has 0 aliphatic carbocycles. The zero-order valence-corrected chi connectivity index (χ0v) is 9.09. The van der Waals surface area contributed by atoms with Crippen LogP contribution in [0.15, 0.2) is 18.3 Å². The van der Waals surface area contributed by atoms with E-state index in [0.29, 0.717) is 31.0 Å². The first-order valence-electron chi connectivity index (χ1n) is 5.18. The fourth-order valence-electron chi connectivity index (χ4n) is 1.74. The summed E-state index contributed by atoms with van der Waals surface area (Å²) in [6, 6.07) is 3.33. The van der Waals surface area contributed by atoms with Gasteiger partial charge in [-0.05, 0) is 12.5 Å². The number of methoxy groups -OCH3 is 1. The van der Waals surface area contributed by atoms with E-state index in [9.17, 15) is 9.90 Å². The molecule has 0 bridgehead atoms. The average Bonchev–Trinajstić information content (AvgIpc) is 2.75. The third-order valence-electron chi connectivity index (χ3n) is 2.64. The van der Waals surface area contributed by atoms with Crippen LogP contribution >= 0.6 is 0 Å². The highest BCUT2D eigenvalue weighted by Crippen LogP contribution is 2.14. The molecule has 0 saturated carbocycles. The smallest absolute Gasteiger partial charge is 0.255 e. The minimum atomic E-state index is -0.393. The normalized spacial score (nSPS) is 19.9. The van der Waals surface area contributed by atoms with Crippen molar-refractivity contribution in [2.75, 3.05) is 20.2 Å². The van der Waals surface area contributed by atoms with Crippen LogP contribution in [0.1, 0.15) is 16.8 Å². The number of rotatable bonds is 2. The van der Waals surface area contributed by atoms with Crippen molar-refractivity contribution in [2.45, 2.75) is 12.5 Å². The Labute approximate surface area is 93.7 Å². The third kappa shape index (κ3) is 2.14. The molecule has 2 heterocycles. The van der Waals surface area contributed by atoms with E-state index in [4.69, 9.17) is 4.74 Å². The van der Waals surface area contributed by atoms with Gasteiger partial charge in [-0.2, -0.15) is 0 Å². The number of pyridine rings is 1. The lowest BCUT2D eigenvalue weighted by Crippen LogP contribution is -2.29. The fourth-order valence-corrected chi connectivity index (χ4v) is 1.74. The molecule has 1 atom stereocenters. The van der Waals surface area contributed by atoms with Crippen molar-refractivity contribution in [3.05, 3.63) is 23.9 Å². The summed E-state index contributed by atoms with van der Waals surface area (Å²) in [6.07, 6.45) is 1.75. The molecule has 5 heteroatoms. The predicted molar refractivity (Wildman–Crippen MR) is 57.3 cm³/mol. The quantitative estimate of drug-likeness (QED) is 0.781. The molecule has 1 aromatic rings. The number of amides is 1. The Morgan fingerprint density at radius 1 is 1.62 bits per heavy atom. The number of β-amino-alcohol motifs (C(OH)–C–C–N with tert-alkyl or cyclic N) is 1. The molecule has 1 amide bonds. The van der Waals surface area contributed by atoms with E-state index >= 15 is 0 Å². The van der Waals surface area contributed by atoms with Gasteiger partial charge in [0, 0.05) is 25.4 Å². The van der Waals surface area contributed by atoms with Crippen molar-refractivity contribution in [3.8, 4) is 5.88 Å². The largest absolute Gasteiger partial charge is 0.481 e. The second kappa shape index (κ2) is 4.49. The SMILES string of the molecule is COc1ccc(C(=O)N2CCC(O)C2)cn1. The summed E-state index contributed by atoms with van der Waals surface area (Å²) in [5, 5.41) is 9.35. The molecule has 86 valence electrons. The standard InChI is InChI=1S/C11H14N2O3/c1-16-10-3-2-8(6-12-10)11(15)13-5-4-9(14)7-13/h2-3,6,9,14H,4-5,7H2,1H3. The van der Waals surface area contributed by atoms with Crippen LogP contribution in [-0.4, -0.2) is 47.2 Å². The van der Waals surface area contributed by atoms with Crippen LogP contribution < -0.4 is 4.74 Å². The van der Waals surface area contributed by atoms with Gasteiger partial charge in [0.05, 0.1) is 18.8 Å². The molecule has 0 radical (unpaired) electrons. The third-order valence-corrected chi connectivity index (χ3v) is 2.64. The highest BCUT2D eigenvalue weighted by Gasteiger charge is 2.25. The van der Waals surface area contributed by atoms with Gasteiger partial charge in [-0.15, -0.1) is 0 Å². The van der Waals surface area contributed by atoms with Crippen molar-refractivity contribution in [1.29, 1.82) is 0 Å². The second-order valence-corrected chi connectivity index (χ2v) is 3.78. The van der Waals surface area contributed by atoms with Crippen molar-refractivity contribution in [2.24, 2.45) is 0 Å². The molecule has 1 fully saturated rings. The van der Waals surface area contributed by atoms with E-state index < -0.39 is 6.10 Å². The Hall–Kier alpha value is -1.62. The van der Waals surface area contributed by atoms with E-state index in [1.807, 2.05) is 0 Å². The van der Waals surface area contributed by atoms with Crippen LogP contribution in [0.3, 0.4) is 0 Å². The molecular weight excluding hydrogens is 208 g/mol. The van der Waals surface area contributed by atoms with Gasteiger partial charge in [0.1, 0.15) is 0 Å². The summed E-state index contributed by atoms with van der Waals surface area (Å²) in [7, 11) is 1.53. The molecule has 0 spiro atoms. The molecule has 1 saturated heterocycles. The van der Waals surface area contributed by atoms with E-state index in [-0.39, 0.29) is 5.91 Å². The van der Waals surface area contributed by atoms with E-state index in [1.165, 1.54) is 13.3 Å². The van der Waals surface area contributed by atoms with Gasteiger partial charge in [0.15, 0.2) is 0 Å². The Morgan fingerprint density at radius 3 is 2.94 bits per heavy atom. The fraction of sp³-hybridized carbons (Fsp3) is 0.455. The maximum atomic E-state index is 11.9. The van der Waals surface area contributed by atoms with Gasteiger partial charge < -0.3 is 14.7 Å². The molecule has 1 aliphatic heterocycles. The number of likely N-dealkylation sites (tertiary alicyclic amines) is 1. The average molecular weight is 222 g/mol. The Bertz CT molecular complexity index is 377. The van der Waals surface area contributed by atoms with E-state index in [2.05, 4.69) is 4.98 Å². The van der Waals surface area contributed by atoms with Crippen molar-refractivity contribution >= 4 is 5.91 Å². The van der Waals surface area contributed by atoms with Gasteiger partial charge in [-0.25, -0.2) is 4.98 Å². The Kier molecular flexibility index (Phi) is 3.05. The number of nitrogens with zero attached hydrogens (tertiary/aromatic N) is 2. The van der Waals surface area contributed by atoms with Crippen LogP contribution in [0.5, 0.6) is 5.88 Å². The van der Waals surface area contributed by atoms with Crippen LogP contribution in [0.4, 0.5) is 0 Å². The van der Waals surface area contributed by atoms with Gasteiger partial charge in [0.25, 0.3) is 5.91 Å². The second-order valence-electron chi connectivity index (χ2n) is 3.78. The molecule has 0 aromatic carbocycles. The molecule has 5 nitrogen and oxygen atoms in total. The summed E-state index contributed by atoms with van der Waals surface area (Å²) in [5.41, 5.74) is 0.523. The Balaban J connectivity index is 2.08. The van der Waals surface area contributed by atoms with Crippen LogP contribution in [0.25, 0.3) is 0 Å². The number of ether oxygens (including phenoxy) is 1. The van der Waals surface area contributed by atoms with Crippen molar-refractivity contribution in [3.63, 3.8) is 0 Å². The highest BCUT2D eigenvalue weighted by molar-refractivity contribution is 5.94. The summed E-state index contributed by atoms with van der Waals surface area (Å²) < 4.78 is 4.92. The maximum Gasteiger partial charge on any atom is 0.255 e. The first kappa shape index (κ1) is 10.9. The Morgan fingerprint density at radius 2 is 2.44 bits per heavy atom. The lowest BCUT2D eigenvalue weighted by atomic mass is 10.2. The number of carbonyl (C=O) groups excluding carboxylic acids is 1. The van der Waals surface area contributed by atoms with Crippen molar-refractivity contribution in [1.82, 2.24) is 9.88 Å². The number of aromatic nitrogens is 1. The van der Waals surface area contributed by atoms with Gasteiger partial charge in [0.2, 0.25) is 5.88 Å². The molecule has 1 aromatic heterocycles. The maximum absolute atomic E-state index is 11.9. The molecule has 16 heavy (non-hydrogen) atoms. The van der Waals surface area contributed by atoms with E-state index in [1.54, 1.807) is 17.0 Å².